The summed E-state index contributed by atoms with van der Waals surface area (Å²) >= 11 is 0. The molecule has 0 N–H and O–H groups in total. The van der Waals surface area contributed by atoms with Crippen LogP contribution in [0.25, 0.3) is 6.08 Å². The van der Waals surface area contributed by atoms with Crippen LogP contribution in [-0.2, 0) is 32.1 Å². The van der Waals surface area contributed by atoms with Gasteiger partial charge in [0.1, 0.15) is 0 Å². The minimum Gasteiger partial charge on any atom is -0.0839 e. The molecule has 4 aromatic rings. The van der Waals surface area contributed by atoms with Gasteiger partial charge >= 0.3 is 0 Å². The molecular weight excluding hydrogens is 456 g/mol. The van der Waals surface area contributed by atoms with Gasteiger partial charge in [-0.3, -0.25) is 0 Å². The second-order valence-corrected chi connectivity index (χ2v) is 10.2. The molecule has 0 nitrogen and oxygen atoms in total. The van der Waals surface area contributed by atoms with E-state index in [1.807, 2.05) is 0 Å². The predicted octanol–water partition coefficient (Wildman–Crippen LogP) is 10.4. The molecule has 0 radical (unpaired) electrons. The standard InChI is InChI=1S/C14H12.C11H14.C11H12.2CH4/c1-2-6-12-10-14-8-4-3-7-13(14)9-11(12)5-1;2*1-2-6-10-8-4-5-9-11(10)7-3-1;;/h1-8H,9-10H2;4-5,8-9H,1-3,6-7H2;2,4-6,8-9H,1,3,7H2;2*1H4. The van der Waals surface area contributed by atoms with Crippen molar-refractivity contribution in [2.75, 3.05) is 0 Å². The Morgan fingerprint density at radius 3 is 1.26 bits per heavy atom. The van der Waals surface area contributed by atoms with Gasteiger partial charge in [-0.25, -0.2) is 0 Å². The molecule has 4 aromatic carbocycles. The summed E-state index contributed by atoms with van der Waals surface area (Å²) in [6, 6.07) is 35.0. The van der Waals surface area contributed by atoms with Crippen LogP contribution in [0, 0.1) is 0 Å². The molecule has 0 heteroatoms. The maximum Gasteiger partial charge on any atom is -0.00201 e. The third-order valence-electron chi connectivity index (χ3n) is 7.68. The van der Waals surface area contributed by atoms with Crippen LogP contribution in [0.4, 0.5) is 0 Å². The van der Waals surface area contributed by atoms with E-state index in [0.717, 1.165) is 12.8 Å². The number of aryl methyl sites for hydroxylation is 3. The average molecular weight is 503 g/mol. The van der Waals surface area contributed by atoms with E-state index in [9.17, 15) is 0 Å². The van der Waals surface area contributed by atoms with Crippen LogP contribution in [0.15, 0.2) is 103 Å². The zero-order valence-corrected chi connectivity index (χ0v) is 21.5. The van der Waals surface area contributed by atoms with E-state index < -0.39 is 0 Å². The first-order chi connectivity index (χ1) is 17.9. The molecule has 0 saturated carbocycles. The van der Waals surface area contributed by atoms with Gasteiger partial charge in [0.25, 0.3) is 0 Å². The van der Waals surface area contributed by atoms with E-state index in [4.69, 9.17) is 0 Å². The summed E-state index contributed by atoms with van der Waals surface area (Å²) in [6.07, 6.45) is 17.3. The van der Waals surface area contributed by atoms with Crippen LogP contribution >= 0.6 is 0 Å². The molecule has 0 aromatic heterocycles. The lowest BCUT2D eigenvalue weighted by molar-refractivity contribution is 0.711. The van der Waals surface area contributed by atoms with Crippen molar-refractivity contribution in [1.82, 2.24) is 0 Å². The fraction of sp³-hybridized carbons (Fsp3) is 0.316. The van der Waals surface area contributed by atoms with Gasteiger partial charge in [0, 0.05) is 0 Å². The minimum absolute atomic E-state index is 0. The lowest BCUT2D eigenvalue weighted by Crippen LogP contribution is -2.06. The Balaban J connectivity index is 0.000000156. The lowest BCUT2D eigenvalue weighted by atomic mass is 9.86. The molecular formula is C38H46. The molecule has 198 valence electrons. The lowest BCUT2D eigenvalue weighted by Gasteiger charge is -2.18. The molecule has 0 saturated heterocycles. The molecule has 0 amide bonds. The van der Waals surface area contributed by atoms with Gasteiger partial charge in [-0.05, 0) is 102 Å². The summed E-state index contributed by atoms with van der Waals surface area (Å²) in [5, 5.41) is 0. The molecule has 3 aliphatic rings. The summed E-state index contributed by atoms with van der Waals surface area (Å²) < 4.78 is 0. The SMILES string of the molecule is C.C.C1=Cc2ccccc2CCC1.c1ccc2c(c1)CCCCC2.c1ccc2c(c1)Cc1ccccc1C2. The molecule has 0 unspecified atom stereocenters. The topological polar surface area (TPSA) is 0 Å². The first kappa shape index (κ1) is 29.2. The monoisotopic (exact) mass is 502 g/mol. The van der Waals surface area contributed by atoms with Gasteiger partial charge in [0.15, 0.2) is 0 Å². The summed E-state index contributed by atoms with van der Waals surface area (Å²) in [4.78, 5) is 0. The summed E-state index contributed by atoms with van der Waals surface area (Å²) in [5.41, 5.74) is 12.1. The van der Waals surface area contributed by atoms with E-state index in [1.165, 1.54) is 84.7 Å². The number of rotatable bonds is 0. The van der Waals surface area contributed by atoms with Crippen LogP contribution in [0.2, 0.25) is 0 Å². The van der Waals surface area contributed by atoms with Crippen molar-refractivity contribution in [3.05, 3.63) is 148 Å². The summed E-state index contributed by atoms with van der Waals surface area (Å²) in [7, 11) is 0. The highest BCUT2D eigenvalue weighted by Crippen LogP contribution is 2.26. The molecule has 3 aliphatic carbocycles. The van der Waals surface area contributed by atoms with Gasteiger partial charge in [-0.1, -0.05) is 130 Å². The maximum absolute atomic E-state index is 2.28. The number of hydrogen-bond donors (Lipinski definition) is 0. The van der Waals surface area contributed by atoms with E-state index in [2.05, 4.69) is 109 Å². The van der Waals surface area contributed by atoms with Crippen LogP contribution in [-0.4, -0.2) is 0 Å². The molecule has 7 rings (SSSR count). The largest absolute Gasteiger partial charge is 0.0839 e. The smallest absolute Gasteiger partial charge is 0.00201 e. The van der Waals surface area contributed by atoms with Crippen molar-refractivity contribution in [2.24, 2.45) is 0 Å². The van der Waals surface area contributed by atoms with Gasteiger partial charge in [-0.2, -0.15) is 0 Å². The highest BCUT2D eigenvalue weighted by atomic mass is 14.2. The minimum atomic E-state index is 0. The highest BCUT2D eigenvalue weighted by molar-refractivity contribution is 5.54. The van der Waals surface area contributed by atoms with Crippen molar-refractivity contribution >= 4 is 6.08 Å². The molecule has 0 fully saturated rings. The first-order valence-corrected chi connectivity index (χ1v) is 13.8. The van der Waals surface area contributed by atoms with Crippen molar-refractivity contribution in [3.63, 3.8) is 0 Å². The molecule has 0 heterocycles. The van der Waals surface area contributed by atoms with Crippen molar-refractivity contribution in [2.45, 2.75) is 79.1 Å². The normalized spacial score (nSPS) is 14.3. The average Bonchev–Trinajstić information content (AvgIpc) is 3.33. The fourth-order valence-corrected chi connectivity index (χ4v) is 5.61. The molecule has 0 spiro atoms. The van der Waals surface area contributed by atoms with E-state index in [1.54, 1.807) is 11.1 Å². The van der Waals surface area contributed by atoms with Gasteiger partial charge in [-0.15, -0.1) is 0 Å². The Bertz CT molecular complexity index is 1180. The number of hydrogen-bond acceptors (Lipinski definition) is 0. The third kappa shape index (κ3) is 7.81. The molecule has 0 atom stereocenters. The number of allylic oxidation sites excluding steroid dienone is 1. The third-order valence-corrected chi connectivity index (χ3v) is 7.68. The fourth-order valence-electron chi connectivity index (χ4n) is 5.61. The van der Waals surface area contributed by atoms with E-state index in [0.29, 0.717) is 0 Å². The van der Waals surface area contributed by atoms with Crippen LogP contribution in [0.5, 0.6) is 0 Å². The Morgan fingerprint density at radius 2 is 0.763 bits per heavy atom. The molecule has 0 aliphatic heterocycles. The first-order valence-electron chi connectivity index (χ1n) is 13.8. The van der Waals surface area contributed by atoms with Crippen LogP contribution in [0.3, 0.4) is 0 Å². The van der Waals surface area contributed by atoms with Gasteiger partial charge in [0.2, 0.25) is 0 Å². The number of benzene rings is 4. The Hall–Kier alpha value is -3.38. The van der Waals surface area contributed by atoms with Gasteiger partial charge in [0.05, 0.1) is 0 Å². The molecule has 0 bridgehead atoms. The second kappa shape index (κ2) is 15.1. The quantitative estimate of drug-likeness (QED) is 0.185. The zero-order chi connectivity index (χ0) is 24.4. The number of fused-ring (bicyclic) bond motifs is 4. The maximum atomic E-state index is 2.28. The second-order valence-electron chi connectivity index (χ2n) is 10.2. The Kier molecular flexibility index (Phi) is 11.6. The Labute approximate surface area is 232 Å². The van der Waals surface area contributed by atoms with Crippen molar-refractivity contribution < 1.29 is 0 Å². The van der Waals surface area contributed by atoms with Crippen molar-refractivity contribution in [1.29, 1.82) is 0 Å². The summed E-state index contributed by atoms with van der Waals surface area (Å²) in [5.74, 6) is 0. The summed E-state index contributed by atoms with van der Waals surface area (Å²) in [6.45, 7) is 0. The van der Waals surface area contributed by atoms with Crippen LogP contribution < -0.4 is 0 Å². The van der Waals surface area contributed by atoms with E-state index in [-0.39, 0.29) is 14.9 Å². The Morgan fingerprint density at radius 1 is 0.368 bits per heavy atom. The molecule has 38 heavy (non-hydrogen) atoms. The zero-order valence-electron chi connectivity index (χ0n) is 21.5. The van der Waals surface area contributed by atoms with Crippen LogP contribution in [0.1, 0.15) is 91.5 Å². The van der Waals surface area contributed by atoms with Crippen molar-refractivity contribution in [3.8, 4) is 0 Å². The van der Waals surface area contributed by atoms with Gasteiger partial charge < -0.3 is 0 Å². The predicted molar refractivity (Wildman–Crippen MR) is 168 cm³/mol. The van der Waals surface area contributed by atoms with E-state index >= 15 is 0 Å². The highest BCUT2D eigenvalue weighted by Gasteiger charge is 2.13.